The van der Waals surface area contributed by atoms with E-state index in [0.717, 1.165) is 32.5 Å². The highest BCUT2D eigenvalue weighted by Gasteiger charge is 2.21. The molecule has 0 saturated carbocycles. The molecule has 0 aromatic carbocycles. The lowest BCUT2D eigenvalue weighted by Gasteiger charge is -2.31. The number of nitrogens with two attached hydrogens (primary N) is 1. The topological polar surface area (TPSA) is 64.3 Å². The van der Waals surface area contributed by atoms with Gasteiger partial charge in [0.2, 0.25) is 5.95 Å². The zero-order chi connectivity index (χ0) is 13.0. The predicted molar refractivity (Wildman–Crippen MR) is 74.8 cm³/mol. The Balaban J connectivity index is 2.01. The van der Waals surface area contributed by atoms with Gasteiger partial charge in [-0.15, -0.1) is 0 Å². The van der Waals surface area contributed by atoms with Gasteiger partial charge in [-0.05, 0) is 25.8 Å². The summed E-state index contributed by atoms with van der Waals surface area (Å²) in [5.41, 5.74) is 6.20. The van der Waals surface area contributed by atoms with Crippen LogP contribution >= 0.6 is 12.2 Å². The molecule has 5 nitrogen and oxygen atoms in total. The van der Waals surface area contributed by atoms with Crippen LogP contribution in [0.1, 0.15) is 25.5 Å². The second-order valence-corrected chi connectivity index (χ2v) is 4.69. The fourth-order valence-corrected chi connectivity index (χ4v) is 2.21. The molecule has 0 unspecified atom stereocenters. The first-order valence-corrected chi connectivity index (χ1v) is 6.61. The summed E-state index contributed by atoms with van der Waals surface area (Å²) < 4.78 is 5.62. The molecule has 1 saturated heterocycles. The minimum atomic E-state index is 0.308. The van der Waals surface area contributed by atoms with E-state index in [1.165, 1.54) is 0 Å². The maximum absolute atomic E-state index is 5.62. The SMILES string of the molecule is CCOC1CCN(c2nccc(C(N)=S)n2)CC1. The fourth-order valence-electron chi connectivity index (χ4n) is 2.10. The second kappa shape index (κ2) is 6.06. The number of piperidine rings is 1. The van der Waals surface area contributed by atoms with Crippen LogP contribution in [0.25, 0.3) is 0 Å². The molecule has 0 aliphatic carbocycles. The summed E-state index contributed by atoms with van der Waals surface area (Å²) in [5.74, 6) is 0.704. The Kier molecular flexibility index (Phi) is 4.43. The molecule has 0 bridgehead atoms. The van der Waals surface area contributed by atoms with Crippen molar-refractivity contribution < 1.29 is 4.74 Å². The van der Waals surface area contributed by atoms with E-state index in [9.17, 15) is 0 Å². The number of hydrogen-bond acceptors (Lipinski definition) is 5. The maximum atomic E-state index is 5.62. The van der Waals surface area contributed by atoms with Crippen LogP contribution in [0, 0.1) is 0 Å². The van der Waals surface area contributed by atoms with E-state index >= 15 is 0 Å². The van der Waals surface area contributed by atoms with E-state index in [1.807, 2.05) is 6.92 Å². The Morgan fingerprint density at radius 3 is 2.89 bits per heavy atom. The monoisotopic (exact) mass is 266 g/mol. The normalized spacial score (nSPS) is 16.8. The summed E-state index contributed by atoms with van der Waals surface area (Å²) in [4.78, 5) is 11.1. The lowest BCUT2D eigenvalue weighted by Crippen LogP contribution is -2.38. The van der Waals surface area contributed by atoms with Crippen LogP contribution in [0.2, 0.25) is 0 Å². The van der Waals surface area contributed by atoms with Crippen molar-refractivity contribution in [2.75, 3.05) is 24.6 Å². The highest BCUT2D eigenvalue weighted by atomic mass is 32.1. The largest absolute Gasteiger partial charge is 0.388 e. The number of aromatic nitrogens is 2. The number of rotatable bonds is 4. The summed E-state index contributed by atoms with van der Waals surface area (Å²) in [6, 6.07) is 1.73. The van der Waals surface area contributed by atoms with E-state index in [4.69, 9.17) is 22.7 Å². The van der Waals surface area contributed by atoms with Crippen LogP contribution in [-0.4, -0.2) is 40.8 Å². The third-order valence-electron chi connectivity index (χ3n) is 3.02. The molecule has 1 aliphatic heterocycles. The minimum absolute atomic E-state index is 0.308. The molecule has 0 atom stereocenters. The van der Waals surface area contributed by atoms with Gasteiger partial charge in [-0.1, -0.05) is 12.2 Å². The van der Waals surface area contributed by atoms with Gasteiger partial charge in [-0.2, -0.15) is 0 Å². The Morgan fingerprint density at radius 2 is 2.28 bits per heavy atom. The molecule has 1 fully saturated rings. The summed E-state index contributed by atoms with van der Waals surface area (Å²) in [6.07, 6.45) is 4.08. The van der Waals surface area contributed by atoms with Crippen molar-refractivity contribution >= 4 is 23.2 Å². The highest BCUT2D eigenvalue weighted by molar-refractivity contribution is 7.80. The highest BCUT2D eigenvalue weighted by Crippen LogP contribution is 2.18. The van der Waals surface area contributed by atoms with Crippen molar-refractivity contribution in [3.8, 4) is 0 Å². The summed E-state index contributed by atoms with van der Waals surface area (Å²) in [5, 5.41) is 0. The van der Waals surface area contributed by atoms with E-state index < -0.39 is 0 Å². The first-order valence-electron chi connectivity index (χ1n) is 6.20. The van der Waals surface area contributed by atoms with Gasteiger partial charge in [-0.3, -0.25) is 0 Å². The molecule has 0 amide bonds. The summed E-state index contributed by atoms with van der Waals surface area (Å²) >= 11 is 4.93. The number of thiocarbonyl (C=S) groups is 1. The van der Waals surface area contributed by atoms with Crippen LogP contribution in [0.3, 0.4) is 0 Å². The van der Waals surface area contributed by atoms with E-state index in [1.54, 1.807) is 12.3 Å². The average Bonchev–Trinajstić information content (AvgIpc) is 2.40. The lowest BCUT2D eigenvalue weighted by atomic mass is 10.1. The molecular formula is C12H18N4OS. The van der Waals surface area contributed by atoms with Crippen LogP contribution in [0.15, 0.2) is 12.3 Å². The third kappa shape index (κ3) is 3.14. The molecule has 0 radical (unpaired) electrons. The van der Waals surface area contributed by atoms with Crippen molar-refractivity contribution in [3.63, 3.8) is 0 Å². The predicted octanol–water partition coefficient (Wildman–Crippen LogP) is 1.12. The molecule has 1 aliphatic rings. The van der Waals surface area contributed by atoms with Gasteiger partial charge in [0.1, 0.15) is 10.7 Å². The number of ether oxygens (including phenoxy) is 1. The fraction of sp³-hybridized carbons (Fsp3) is 0.583. The smallest absolute Gasteiger partial charge is 0.225 e. The van der Waals surface area contributed by atoms with Gasteiger partial charge in [0.25, 0.3) is 0 Å². The van der Waals surface area contributed by atoms with Crippen molar-refractivity contribution in [1.82, 2.24) is 9.97 Å². The van der Waals surface area contributed by atoms with E-state index in [-0.39, 0.29) is 0 Å². The molecule has 18 heavy (non-hydrogen) atoms. The van der Waals surface area contributed by atoms with Crippen LogP contribution in [0.4, 0.5) is 5.95 Å². The van der Waals surface area contributed by atoms with Crippen LogP contribution < -0.4 is 10.6 Å². The van der Waals surface area contributed by atoms with Crippen molar-refractivity contribution in [2.45, 2.75) is 25.9 Å². The first kappa shape index (κ1) is 13.2. The second-order valence-electron chi connectivity index (χ2n) is 4.25. The Morgan fingerprint density at radius 1 is 1.56 bits per heavy atom. The number of anilines is 1. The van der Waals surface area contributed by atoms with Crippen molar-refractivity contribution in [3.05, 3.63) is 18.0 Å². The molecular weight excluding hydrogens is 248 g/mol. The van der Waals surface area contributed by atoms with Gasteiger partial charge in [0, 0.05) is 25.9 Å². The molecule has 2 rings (SSSR count). The van der Waals surface area contributed by atoms with Crippen molar-refractivity contribution in [2.24, 2.45) is 5.73 Å². The standard InChI is InChI=1S/C12H18N4OS/c1-2-17-9-4-7-16(8-5-9)12-14-6-3-10(15-12)11(13)18/h3,6,9H,2,4-5,7-8H2,1H3,(H2,13,18). The summed E-state index contributed by atoms with van der Waals surface area (Å²) in [7, 11) is 0. The Labute approximate surface area is 112 Å². The van der Waals surface area contributed by atoms with Crippen LogP contribution in [0.5, 0.6) is 0 Å². The third-order valence-corrected chi connectivity index (χ3v) is 3.23. The van der Waals surface area contributed by atoms with E-state index in [0.29, 0.717) is 22.7 Å². The zero-order valence-corrected chi connectivity index (χ0v) is 11.3. The number of nitrogens with zero attached hydrogens (tertiary/aromatic N) is 3. The maximum Gasteiger partial charge on any atom is 0.225 e. The Hall–Kier alpha value is -1.27. The molecule has 98 valence electrons. The molecule has 1 aromatic rings. The average molecular weight is 266 g/mol. The van der Waals surface area contributed by atoms with E-state index in [2.05, 4.69) is 14.9 Å². The van der Waals surface area contributed by atoms with Gasteiger partial charge in [0.15, 0.2) is 0 Å². The molecule has 1 aromatic heterocycles. The quantitative estimate of drug-likeness (QED) is 0.824. The number of hydrogen-bond donors (Lipinski definition) is 1. The van der Waals surface area contributed by atoms with Gasteiger partial charge < -0.3 is 15.4 Å². The van der Waals surface area contributed by atoms with Crippen LogP contribution in [-0.2, 0) is 4.74 Å². The zero-order valence-electron chi connectivity index (χ0n) is 10.5. The molecule has 0 spiro atoms. The first-order chi connectivity index (χ1) is 8.70. The minimum Gasteiger partial charge on any atom is -0.388 e. The van der Waals surface area contributed by atoms with Gasteiger partial charge >= 0.3 is 0 Å². The lowest BCUT2D eigenvalue weighted by molar-refractivity contribution is 0.0457. The molecule has 2 heterocycles. The van der Waals surface area contributed by atoms with Crippen molar-refractivity contribution in [1.29, 1.82) is 0 Å². The van der Waals surface area contributed by atoms with Gasteiger partial charge in [-0.25, -0.2) is 9.97 Å². The summed E-state index contributed by atoms with van der Waals surface area (Å²) in [6.45, 7) is 4.62. The Bertz CT molecular complexity index is 418. The molecule has 6 heteroatoms. The molecule has 2 N–H and O–H groups in total. The van der Waals surface area contributed by atoms with Gasteiger partial charge in [0.05, 0.1) is 6.10 Å².